The number of aromatic nitrogens is 2. The average molecular weight is 254 g/mol. The quantitative estimate of drug-likeness (QED) is 0.764. The number of nitrogens with zero attached hydrogens (tertiary/aromatic N) is 1. The van der Waals surface area contributed by atoms with Crippen LogP contribution in [0.4, 0.5) is 0 Å². The summed E-state index contributed by atoms with van der Waals surface area (Å²) in [5.41, 5.74) is 3.38. The second-order valence-corrected chi connectivity index (χ2v) is 4.54. The lowest BCUT2D eigenvalue weighted by Crippen LogP contribution is -2.09. The number of methoxy groups -OCH3 is 1. The largest absolute Gasteiger partial charge is 0.497 e. The fourth-order valence-electron chi connectivity index (χ4n) is 2.18. The lowest BCUT2D eigenvalue weighted by molar-refractivity contribution is 0.415. The average Bonchev–Trinajstić information content (AvgIpc) is 2.80. The molecule has 96 valence electrons. The van der Waals surface area contributed by atoms with E-state index in [1.54, 1.807) is 7.11 Å². The van der Waals surface area contributed by atoms with Crippen LogP contribution in [0.25, 0.3) is 16.8 Å². The van der Waals surface area contributed by atoms with E-state index in [-0.39, 0.29) is 5.56 Å². The van der Waals surface area contributed by atoms with E-state index in [9.17, 15) is 4.79 Å². The first-order chi connectivity index (χ1) is 9.17. The Morgan fingerprint density at radius 1 is 1.16 bits per heavy atom. The van der Waals surface area contributed by atoms with E-state index in [2.05, 4.69) is 4.98 Å². The molecule has 0 aliphatic rings. The smallest absolute Gasteiger partial charge is 0.272 e. The fourth-order valence-corrected chi connectivity index (χ4v) is 2.18. The highest BCUT2D eigenvalue weighted by Crippen LogP contribution is 2.20. The Morgan fingerprint density at radius 2 is 1.89 bits per heavy atom. The highest BCUT2D eigenvalue weighted by Gasteiger charge is 2.05. The van der Waals surface area contributed by atoms with Crippen LogP contribution in [-0.2, 0) is 0 Å². The van der Waals surface area contributed by atoms with Crippen LogP contribution in [0.2, 0.25) is 0 Å². The molecule has 0 aliphatic heterocycles. The summed E-state index contributed by atoms with van der Waals surface area (Å²) in [5, 5.41) is 0. The Bertz CT molecular complexity index is 782. The number of ether oxygens (including phenoxy) is 1. The van der Waals surface area contributed by atoms with Crippen molar-refractivity contribution >= 4 is 5.52 Å². The van der Waals surface area contributed by atoms with Gasteiger partial charge in [-0.2, -0.15) is 0 Å². The number of nitrogens with one attached hydrogen (secondary N) is 1. The van der Waals surface area contributed by atoms with Gasteiger partial charge in [0.2, 0.25) is 0 Å². The number of fused-ring (bicyclic) bond motifs is 1. The fraction of sp³-hybridized carbons (Fsp3) is 0.133. The zero-order chi connectivity index (χ0) is 13.4. The molecular formula is C15H14N2O2. The van der Waals surface area contributed by atoms with E-state index < -0.39 is 0 Å². The summed E-state index contributed by atoms with van der Waals surface area (Å²) in [6.45, 7) is 1.97. The third-order valence-corrected chi connectivity index (χ3v) is 3.14. The minimum Gasteiger partial charge on any atom is -0.497 e. The van der Waals surface area contributed by atoms with Crippen molar-refractivity contribution < 1.29 is 4.74 Å². The minimum atomic E-state index is -0.0820. The molecule has 0 bridgehead atoms. The molecule has 0 radical (unpaired) electrons. The Morgan fingerprint density at radius 3 is 2.58 bits per heavy atom. The minimum absolute atomic E-state index is 0.0820. The summed E-state index contributed by atoms with van der Waals surface area (Å²) in [6.07, 6.45) is 3.86. The number of aryl methyl sites for hydroxylation is 1. The molecule has 3 rings (SSSR count). The molecule has 0 amide bonds. The van der Waals surface area contributed by atoms with Gasteiger partial charge in [0.25, 0.3) is 5.56 Å². The van der Waals surface area contributed by atoms with Gasteiger partial charge in [0.1, 0.15) is 11.3 Å². The zero-order valence-corrected chi connectivity index (χ0v) is 10.8. The Hall–Kier alpha value is -2.49. The molecule has 1 N–H and O–H groups in total. The van der Waals surface area contributed by atoms with Gasteiger partial charge in [-0.15, -0.1) is 0 Å². The van der Waals surface area contributed by atoms with Crippen molar-refractivity contribution in [3.8, 4) is 17.0 Å². The van der Waals surface area contributed by atoms with Crippen LogP contribution in [0.5, 0.6) is 5.75 Å². The van der Waals surface area contributed by atoms with Gasteiger partial charge in [-0.1, -0.05) is 0 Å². The monoisotopic (exact) mass is 254 g/mol. The summed E-state index contributed by atoms with van der Waals surface area (Å²) in [4.78, 5) is 14.9. The van der Waals surface area contributed by atoms with Crippen molar-refractivity contribution in [2.75, 3.05) is 7.11 Å². The van der Waals surface area contributed by atoms with Crippen molar-refractivity contribution in [2.24, 2.45) is 0 Å². The summed E-state index contributed by atoms with van der Waals surface area (Å²) in [5.74, 6) is 0.795. The standard InChI is InChI=1S/C15H14N2O2/c1-10-7-14-15(18)16-13(9-17(14)8-10)11-3-5-12(19-2)6-4-11/h3-9H,1-2H3,(H,16,18). The van der Waals surface area contributed by atoms with Crippen LogP contribution in [0.1, 0.15) is 5.56 Å². The van der Waals surface area contributed by atoms with Crippen LogP contribution in [0, 0.1) is 6.92 Å². The molecule has 0 unspecified atom stereocenters. The van der Waals surface area contributed by atoms with E-state index in [0.717, 1.165) is 22.6 Å². The second-order valence-electron chi connectivity index (χ2n) is 4.54. The maximum absolute atomic E-state index is 12.0. The summed E-state index contributed by atoms with van der Waals surface area (Å²) < 4.78 is 6.98. The SMILES string of the molecule is COc1ccc(-c2cn3cc(C)cc3c(=O)[nH]2)cc1. The third-order valence-electron chi connectivity index (χ3n) is 3.14. The van der Waals surface area contributed by atoms with Crippen LogP contribution in [0.15, 0.2) is 47.5 Å². The van der Waals surface area contributed by atoms with Gasteiger partial charge in [-0.05, 0) is 48.4 Å². The van der Waals surface area contributed by atoms with Gasteiger partial charge >= 0.3 is 0 Å². The lowest BCUT2D eigenvalue weighted by Gasteiger charge is -2.04. The van der Waals surface area contributed by atoms with E-state index in [1.807, 2.05) is 54.0 Å². The first kappa shape index (κ1) is 11.6. The number of benzene rings is 1. The van der Waals surface area contributed by atoms with Crippen molar-refractivity contribution in [3.05, 3.63) is 58.6 Å². The Kier molecular flexibility index (Phi) is 2.63. The topological polar surface area (TPSA) is 46.5 Å². The first-order valence-corrected chi connectivity index (χ1v) is 6.03. The predicted octanol–water partition coefficient (Wildman–Crippen LogP) is 2.61. The number of hydrogen-bond donors (Lipinski definition) is 1. The van der Waals surface area contributed by atoms with Gasteiger partial charge in [0.15, 0.2) is 0 Å². The maximum Gasteiger partial charge on any atom is 0.272 e. The van der Waals surface area contributed by atoms with Gasteiger partial charge in [0, 0.05) is 12.4 Å². The number of rotatable bonds is 2. The number of H-pyrrole nitrogens is 1. The van der Waals surface area contributed by atoms with Gasteiger partial charge in [-0.3, -0.25) is 4.79 Å². The molecule has 0 aliphatic carbocycles. The summed E-state index contributed by atoms with van der Waals surface area (Å²) in [7, 11) is 1.63. The molecule has 19 heavy (non-hydrogen) atoms. The molecule has 0 saturated carbocycles. The predicted molar refractivity (Wildman–Crippen MR) is 74.7 cm³/mol. The van der Waals surface area contributed by atoms with Crippen LogP contribution in [-0.4, -0.2) is 16.5 Å². The van der Waals surface area contributed by atoms with E-state index in [4.69, 9.17) is 4.74 Å². The molecule has 4 heteroatoms. The first-order valence-electron chi connectivity index (χ1n) is 6.03. The van der Waals surface area contributed by atoms with Crippen LogP contribution < -0.4 is 10.3 Å². The van der Waals surface area contributed by atoms with Crippen molar-refractivity contribution in [3.63, 3.8) is 0 Å². The maximum atomic E-state index is 12.0. The number of hydrogen-bond acceptors (Lipinski definition) is 2. The van der Waals surface area contributed by atoms with Gasteiger partial charge in [-0.25, -0.2) is 0 Å². The Labute approximate surface area is 110 Å². The molecule has 0 atom stereocenters. The summed E-state index contributed by atoms with van der Waals surface area (Å²) >= 11 is 0. The third kappa shape index (κ3) is 2.01. The van der Waals surface area contributed by atoms with E-state index >= 15 is 0 Å². The molecule has 3 aromatic rings. The molecule has 0 spiro atoms. The normalized spacial score (nSPS) is 10.8. The van der Waals surface area contributed by atoms with Crippen molar-refractivity contribution in [1.29, 1.82) is 0 Å². The number of aromatic amines is 1. The zero-order valence-electron chi connectivity index (χ0n) is 10.8. The van der Waals surface area contributed by atoms with E-state index in [1.165, 1.54) is 0 Å². The molecule has 0 saturated heterocycles. The highest BCUT2D eigenvalue weighted by molar-refractivity contribution is 5.62. The second kappa shape index (κ2) is 4.31. The lowest BCUT2D eigenvalue weighted by atomic mass is 10.1. The molecule has 1 aromatic carbocycles. The van der Waals surface area contributed by atoms with Gasteiger partial charge < -0.3 is 14.1 Å². The summed E-state index contributed by atoms with van der Waals surface area (Å²) in [6, 6.07) is 9.47. The molecule has 2 heterocycles. The highest BCUT2D eigenvalue weighted by atomic mass is 16.5. The van der Waals surface area contributed by atoms with Gasteiger partial charge in [0.05, 0.1) is 12.8 Å². The van der Waals surface area contributed by atoms with Crippen molar-refractivity contribution in [1.82, 2.24) is 9.38 Å². The molecule has 2 aromatic heterocycles. The molecule has 4 nitrogen and oxygen atoms in total. The Balaban J connectivity index is 2.16. The van der Waals surface area contributed by atoms with Crippen LogP contribution >= 0.6 is 0 Å². The van der Waals surface area contributed by atoms with Crippen LogP contribution in [0.3, 0.4) is 0 Å². The van der Waals surface area contributed by atoms with E-state index in [0.29, 0.717) is 5.52 Å². The molecule has 0 fully saturated rings. The van der Waals surface area contributed by atoms with Crippen molar-refractivity contribution in [2.45, 2.75) is 6.92 Å². The molecular weight excluding hydrogens is 240 g/mol.